The maximum atomic E-state index is 12.4. The lowest BCUT2D eigenvalue weighted by atomic mass is 9.97. The molecule has 0 saturated carbocycles. The van der Waals surface area contributed by atoms with Crippen LogP contribution >= 0.6 is 0 Å². The smallest absolute Gasteiger partial charge is 0.407 e. The van der Waals surface area contributed by atoms with Crippen LogP contribution in [0, 0.1) is 0 Å². The second-order valence-corrected chi connectivity index (χ2v) is 7.49. The quantitative estimate of drug-likeness (QED) is 0.318. The number of aliphatic hydroxyl groups excluding tert-OH is 1. The van der Waals surface area contributed by atoms with E-state index in [-0.39, 0.29) is 32.3 Å². The van der Waals surface area contributed by atoms with E-state index in [4.69, 9.17) is 14.2 Å². The Bertz CT molecular complexity index is 512. The predicted molar refractivity (Wildman–Crippen MR) is 97.0 cm³/mol. The van der Waals surface area contributed by atoms with Crippen molar-refractivity contribution in [1.29, 1.82) is 0 Å². The van der Waals surface area contributed by atoms with Crippen LogP contribution in [0.15, 0.2) is 0 Å². The lowest BCUT2D eigenvalue weighted by Gasteiger charge is -2.27. The highest BCUT2D eigenvalue weighted by molar-refractivity contribution is 6.05. The van der Waals surface area contributed by atoms with E-state index in [1.165, 1.54) is 0 Å². The van der Waals surface area contributed by atoms with E-state index < -0.39 is 35.2 Å². The minimum Gasteiger partial charge on any atom is -0.464 e. The van der Waals surface area contributed by atoms with Crippen LogP contribution in [0.25, 0.3) is 0 Å². The Kier molecular flexibility index (Phi) is 8.49. The molecule has 27 heavy (non-hydrogen) atoms. The number of aliphatic hydroxyl groups is 1. The van der Waals surface area contributed by atoms with Gasteiger partial charge in [-0.25, -0.2) is 14.4 Å². The standard InChI is InChI=1S/C18H32N2O7/c1-6-25-14(22)18(15(23)26-7-2)9-8-12(20-18)10-13(11-21)19-16(24)27-17(3,4)5/h12-13,20-21H,6-11H2,1-5H3,(H,19,24)/t12?,13-/m0/s1. The summed E-state index contributed by atoms with van der Waals surface area (Å²) < 4.78 is 15.3. The lowest BCUT2D eigenvalue weighted by Crippen LogP contribution is -2.58. The minimum absolute atomic E-state index is 0.145. The van der Waals surface area contributed by atoms with E-state index in [0.29, 0.717) is 12.8 Å². The Balaban J connectivity index is 2.77. The molecule has 1 fully saturated rings. The van der Waals surface area contributed by atoms with Crippen molar-refractivity contribution in [2.45, 2.75) is 77.1 Å². The van der Waals surface area contributed by atoms with E-state index in [9.17, 15) is 19.5 Å². The predicted octanol–water partition coefficient (Wildman–Crippen LogP) is 0.879. The molecule has 0 aromatic rings. The van der Waals surface area contributed by atoms with Gasteiger partial charge < -0.3 is 24.6 Å². The zero-order chi connectivity index (χ0) is 20.7. The zero-order valence-corrected chi connectivity index (χ0v) is 16.8. The molecule has 2 atom stereocenters. The fourth-order valence-electron chi connectivity index (χ4n) is 2.97. The fourth-order valence-corrected chi connectivity index (χ4v) is 2.97. The van der Waals surface area contributed by atoms with E-state index >= 15 is 0 Å². The molecule has 0 spiro atoms. The number of hydrogen-bond donors (Lipinski definition) is 3. The van der Waals surface area contributed by atoms with Gasteiger partial charge in [-0.2, -0.15) is 0 Å². The highest BCUT2D eigenvalue weighted by Gasteiger charge is 2.53. The molecule has 1 heterocycles. The first kappa shape index (κ1) is 23.2. The number of hydrogen-bond acceptors (Lipinski definition) is 8. The van der Waals surface area contributed by atoms with Gasteiger partial charge in [0.2, 0.25) is 5.54 Å². The van der Waals surface area contributed by atoms with Gasteiger partial charge >= 0.3 is 18.0 Å². The van der Waals surface area contributed by atoms with Gasteiger partial charge in [0.25, 0.3) is 0 Å². The van der Waals surface area contributed by atoms with Crippen molar-refractivity contribution < 1.29 is 33.7 Å². The molecule has 156 valence electrons. The summed E-state index contributed by atoms with van der Waals surface area (Å²) in [6.45, 7) is 8.54. The van der Waals surface area contributed by atoms with Gasteiger partial charge in [-0.05, 0) is 53.9 Å². The fraction of sp³-hybridized carbons (Fsp3) is 0.833. The van der Waals surface area contributed by atoms with Crippen molar-refractivity contribution in [1.82, 2.24) is 10.6 Å². The third-order valence-corrected chi connectivity index (χ3v) is 4.08. The molecule has 3 N–H and O–H groups in total. The summed E-state index contributed by atoms with van der Waals surface area (Å²) in [4.78, 5) is 36.7. The van der Waals surface area contributed by atoms with Crippen molar-refractivity contribution in [2.75, 3.05) is 19.8 Å². The van der Waals surface area contributed by atoms with Crippen LogP contribution in [0.2, 0.25) is 0 Å². The van der Waals surface area contributed by atoms with Crippen LogP contribution in [-0.4, -0.2) is 66.2 Å². The first-order valence-electron chi connectivity index (χ1n) is 9.30. The van der Waals surface area contributed by atoms with Crippen LogP contribution in [0.4, 0.5) is 4.79 Å². The van der Waals surface area contributed by atoms with Crippen LogP contribution in [0.5, 0.6) is 0 Å². The Hall–Kier alpha value is -1.87. The van der Waals surface area contributed by atoms with Crippen molar-refractivity contribution in [3.63, 3.8) is 0 Å². The molecule has 1 aliphatic heterocycles. The van der Waals surface area contributed by atoms with Crippen LogP contribution in [0.1, 0.15) is 53.9 Å². The van der Waals surface area contributed by atoms with Crippen molar-refractivity contribution >= 4 is 18.0 Å². The van der Waals surface area contributed by atoms with Crippen molar-refractivity contribution in [3.05, 3.63) is 0 Å². The molecule has 0 radical (unpaired) electrons. The average Bonchev–Trinajstić information content (AvgIpc) is 2.98. The monoisotopic (exact) mass is 388 g/mol. The van der Waals surface area contributed by atoms with Gasteiger partial charge in [0.15, 0.2) is 0 Å². The third kappa shape index (κ3) is 6.66. The number of rotatable bonds is 8. The third-order valence-electron chi connectivity index (χ3n) is 4.08. The number of ether oxygens (including phenoxy) is 3. The van der Waals surface area contributed by atoms with E-state index in [0.717, 1.165) is 0 Å². The van der Waals surface area contributed by atoms with Crippen molar-refractivity contribution in [2.24, 2.45) is 0 Å². The van der Waals surface area contributed by atoms with Gasteiger partial charge in [0, 0.05) is 6.04 Å². The molecular weight excluding hydrogens is 356 g/mol. The summed E-state index contributed by atoms with van der Waals surface area (Å²) in [5.41, 5.74) is -2.21. The number of esters is 2. The second-order valence-electron chi connectivity index (χ2n) is 7.49. The van der Waals surface area contributed by atoms with E-state index in [1.807, 2.05) is 0 Å². The van der Waals surface area contributed by atoms with Crippen molar-refractivity contribution in [3.8, 4) is 0 Å². The summed E-state index contributed by atoms with van der Waals surface area (Å²) in [7, 11) is 0. The largest absolute Gasteiger partial charge is 0.464 e. The normalized spacial score (nSPS) is 19.9. The Morgan fingerprint density at radius 3 is 2.19 bits per heavy atom. The van der Waals surface area contributed by atoms with Gasteiger partial charge in [-0.15, -0.1) is 0 Å². The summed E-state index contributed by atoms with van der Waals surface area (Å²) in [6, 6.07) is -0.872. The highest BCUT2D eigenvalue weighted by Crippen LogP contribution is 2.29. The minimum atomic E-state index is -1.55. The molecule has 9 nitrogen and oxygen atoms in total. The van der Waals surface area contributed by atoms with Gasteiger partial charge in [-0.3, -0.25) is 5.32 Å². The number of carbonyl (C=O) groups excluding carboxylic acids is 3. The Morgan fingerprint density at radius 2 is 1.74 bits per heavy atom. The van der Waals surface area contributed by atoms with Crippen LogP contribution < -0.4 is 10.6 Å². The molecule has 0 aromatic carbocycles. The van der Waals surface area contributed by atoms with E-state index in [2.05, 4.69) is 10.6 Å². The van der Waals surface area contributed by atoms with Gasteiger partial charge in [0.1, 0.15) is 5.60 Å². The molecule has 0 aromatic heterocycles. The number of alkyl carbamates (subject to hydrolysis) is 1. The van der Waals surface area contributed by atoms with Crippen LogP contribution in [-0.2, 0) is 23.8 Å². The lowest BCUT2D eigenvalue weighted by molar-refractivity contribution is -0.165. The van der Waals surface area contributed by atoms with Crippen LogP contribution in [0.3, 0.4) is 0 Å². The maximum Gasteiger partial charge on any atom is 0.407 e. The van der Waals surface area contributed by atoms with E-state index in [1.54, 1.807) is 34.6 Å². The average molecular weight is 388 g/mol. The topological polar surface area (TPSA) is 123 Å². The first-order valence-corrected chi connectivity index (χ1v) is 9.30. The molecule has 0 aliphatic carbocycles. The second kappa shape index (κ2) is 9.89. The number of amides is 1. The highest BCUT2D eigenvalue weighted by atomic mass is 16.6. The summed E-state index contributed by atoms with van der Waals surface area (Å²) in [5.74, 6) is -1.35. The molecule has 1 unspecified atom stereocenters. The van der Waals surface area contributed by atoms with Gasteiger partial charge in [-0.1, -0.05) is 0 Å². The zero-order valence-electron chi connectivity index (χ0n) is 16.8. The number of carbonyl (C=O) groups is 3. The SMILES string of the molecule is CCOC(=O)C1(C(=O)OCC)CCC(C[C@@H](CO)NC(=O)OC(C)(C)C)N1. The number of nitrogens with one attached hydrogen (secondary N) is 2. The maximum absolute atomic E-state index is 12.4. The first-order chi connectivity index (χ1) is 12.6. The molecule has 0 bridgehead atoms. The Morgan fingerprint density at radius 1 is 1.19 bits per heavy atom. The Labute approximate surface area is 160 Å². The summed E-state index contributed by atoms with van der Waals surface area (Å²) in [6.07, 6.45) is 0.391. The molecular formula is C18H32N2O7. The molecule has 1 aliphatic rings. The van der Waals surface area contributed by atoms with Gasteiger partial charge in [0.05, 0.1) is 25.9 Å². The molecule has 1 rings (SSSR count). The molecule has 1 saturated heterocycles. The molecule has 9 heteroatoms. The summed E-state index contributed by atoms with van der Waals surface area (Å²) >= 11 is 0. The summed E-state index contributed by atoms with van der Waals surface area (Å²) in [5, 5.41) is 15.2. The molecule has 1 amide bonds.